The fourth-order valence-electron chi connectivity index (χ4n) is 1.62. The third kappa shape index (κ3) is 3.35. The normalized spacial score (nSPS) is 10.5. The van der Waals surface area contributed by atoms with Crippen LogP contribution in [0.3, 0.4) is 0 Å². The van der Waals surface area contributed by atoms with Crippen molar-refractivity contribution in [3.8, 4) is 0 Å². The van der Waals surface area contributed by atoms with Gasteiger partial charge in [0, 0.05) is 12.7 Å². The third-order valence-corrected chi connectivity index (χ3v) is 3.92. The van der Waals surface area contributed by atoms with Gasteiger partial charge < -0.3 is 5.32 Å². The molecule has 0 aliphatic heterocycles. The summed E-state index contributed by atoms with van der Waals surface area (Å²) < 4.78 is 1.65. The van der Waals surface area contributed by atoms with E-state index in [2.05, 4.69) is 15.4 Å². The van der Waals surface area contributed by atoms with Crippen LogP contribution < -0.4 is 5.32 Å². The van der Waals surface area contributed by atoms with Gasteiger partial charge in [-0.05, 0) is 31.0 Å². The second-order valence-electron chi connectivity index (χ2n) is 4.25. The van der Waals surface area contributed by atoms with Gasteiger partial charge in [-0.25, -0.2) is 9.67 Å². The lowest BCUT2D eigenvalue weighted by molar-refractivity contribution is -0.113. The summed E-state index contributed by atoms with van der Waals surface area (Å²) in [6, 6.07) is 5.88. The average molecular weight is 276 g/mol. The Kier molecular flexibility index (Phi) is 4.21. The van der Waals surface area contributed by atoms with Crippen LogP contribution >= 0.6 is 11.8 Å². The predicted octanol–water partition coefficient (Wildman–Crippen LogP) is 2.16. The molecule has 0 saturated heterocycles. The van der Waals surface area contributed by atoms with Gasteiger partial charge in [0.05, 0.1) is 5.75 Å². The van der Waals surface area contributed by atoms with Crippen molar-refractivity contribution in [2.45, 2.75) is 19.0 Å². The highest BCUT2D eigenvalue weighted by Gasteiger charge is 2.08. The number of hydrogen-bond donors (Lipinski definition) is 1. The molecule has 0 atom stereocenters. The number of nitrogens with zero attached hydrogens (tertiary/aromatic N) is 3. The van der Waals surface area contributed by atoms with Crippen molar-refractivity contribution < 1.29 is 4.79 Å². The lowest BCUT2D eigenvalue weighted by atomic mass is 10.1. The van der Waals surface area contributed by atoms with Crippen molar-refractivity contribution >= 4 is 23.4 Å². The Morgan fingerprint density at radius 1 is 1.42 bits per heavy atom. The quantitative estimate of drug-likeness (QED) is 0.869. The summed E-state index contributed by atoms with van der Waals surface area (Å²) >= 11 is 1.37. The molecule has 1 heterocycles. The summed E-state index contributed by atoms with van der Waals surface area (Å²) in [6.45, 7) is 4.03. The number of carbonyl (C=O) groups is 1. The predicted molar refractivity (Wildman–Crippen MR) is 76.3 cm³/mol. The van der Waals surface area contributed by atoms with Crippen LogP contribution in [-0.4, -0.2) is 26.4 Å². The maximum absolute atomic E-state index is 11.9. The lowest BCUT2D eigenvalue weighted by Gasteiger charge is -2.09. The number of carbonyl (C=O) groups excluding carboxylic acids is 1. The fourth-order valence-corrected chi connectivity index (χ4v) is 2.31. The van der Waals surface area contributed by atoms with Gasteiger partial charge in [0.1, 0.15) is 6.33 Å². The second kappa shape index (κ2) is 5.88. The largest absolute Gasteiger partial charge is 0.325 e. The highest BCUT2D eigenvalue weighted by atomic mass is 32.2. The fraction of sp³-hybridized carbons (Fsp3) is 0.308. The van der Waals surface area contributed by atoms with E-state index in [0.717, 1.165) is 16.4 Å². The minimum Gasteiger partial charge on any atom is -0.325 e. The Bertz CT molecular complexity index is 594. The van der Waals surface area contributed by atoms with Crippen LogP contribution in [0.1, 0.15) is 11.1 Å². The number of nitrogens with one attached hydrogen (secondary N) is 1. The molecule has 100 valence electrons. The van der Waals surface area contributed by atoms with Gasteiger partial charge in [0.2, 0.25) is 5.91 Å². The van der Waals surface area contributed by atoms with E-state index in [4.69, 9.17) is 0 Å². The molecule has 0 bridgehead atoms. The Balaban J connectivity index is 1.95. The van der Waals surface area contributed by atoms with Crippen LogP contribution in [0.2, 0.25) is 0 Å². The van der Waals surface area contributed by atoms with Gasteiger partial charge in [-0.3, -0.25) is 4.79 Å². The maximum Gasteiger partial charge on any atom is 0.234 e. The molecule has 1 N–H and O–H groups in total. The Morgan fingerprint density at radius 2 is 2.21 bits per heavy atom. The zero-order chi connectivity index (χ0) is 13.8. The van der Waals surface area contributed by atoms with Crippen LogP contribution in [0, 0.1) is 13.8 Å². The molecule has 0 radical (unpaired) electrons. The Morgan fingerprint density at radius 3 is 2.89 bits per heavy atom. The molecule has 5 nitrogen and oxygen atoms in total. The lowest BCUT2D eigenvalue weighted by Crippen LogP contribution is -2.15. The number of benzene rings is 1. The van der Waals surface area contributed by atoms with Gasteiger partial charge in [0.15, 0.2) is 5.16 Å². The Labute approximate surface area is 116 Å². The highest BCUT2D eigenvalue weighted by Crippen LogP contribution is 2.19. The molecule has 0 spiro atoms. The molecule has 1 aromatic heterocycles. The number of hydrogen-bond acceptors (Lipinski definition) is 4. The van der Waals surface area contributed by atoms with E-state index in [9.17, 15) is 4.79 Å². The average Bonchev–Trinajstić information content (AvgIpc) is 2.78. The first-order valence-electron chi connectivity index (χ1n) is 5.91. The summed E-state index contributed by atoms with van der Waals surface area (Å²) in [5.74, 6) is 0.279. The second-order valence-corrected chi connectivity index (χ2v) is 5.19. The summed E-state index contributed by atoms with van der Waals surface area (Å²) in [5, 5.41) is 7.61. The summed E-state index contributed by atoms with van der Waals surface area (Å²) in [5.41, 5.74) is 3.13. The van der Waals surface area contributed by atoms with Crippen molar-refractivity contribution in [2.24, 2.45) is 7.05 Å². The zero-order valence-corrected chi connectivity index (χ0v) is 12.0. The molecule has 1 amide bonds. The third-order valence-electron chi connectivity index (χ3n) is 2.88. The minimum absolute atomic E-state index is 0.0401. The minimum atomic E-state index is -0.0401. The van der Waals surface area contributed by atoms with Crippen LogP contribution in [0.15, 0.2) is 29.7 Å². The van der Waals surface area contributed by atoms with Gasteiger partial charge >= 0.3 is 0 Å². The van der Waals surface area contributed by atoms with Crippen molar-refractivity contribution in [2.75, 3.05) is 11.1 Å². The van der Waals surface area contributed by atoms with E-state index < -0.39 is 0 Å². The maximum atomic E-state index is 11.9. The number of anilines is 1. The van der Waals surface area contributed by atoms with E-state index in [1.807, 2.05) is 32.0 Å². The highest BCUT2D eigenvalue weighted by molar-refractivity contribution is 7.99. The molecule has 19 heavy (non-hydrogen) atoms. The molecule has 0 fully saturated rings. The Hall–Kier alpha value is -1.82. The molecule has 6 heteroatoms. The van der Waals surface area contributed by atoms with Gasteiger partial charge in [-0.1, -0.05) is 23.9 Å². The molecule has 0 saturated carbocycles. The van der Waals surface area contributed by atoms with E-state index in [0.29, 0.717) is 5.75 Å². The van der Waals surface area contributed by atoms with Gasteiger partial charge in [-0.15, -0.1) is 0 Å². The zero-order valence-electron chi connectivity index (χ0n) is 11.2. The molecule has 2 aromatic rings. The topological polar surface area (TPSA) is 59.8 Å². The standard InChI is InChI=1S/C13H16N4OS/c1-9-5-4-6-11(10(9)2)16-12(18)7-19-13-14-8-15-17(13)3/h4-6,8H,7H2,1-3H3,(H,16,18). The molecular formula is C13H16N4OS. The molecule has 2 rings (SSSR count). The number of aryl methyl sites for hydroxylation is 2. The number of rotatable bonds is 4. The van der Waals surface area contributed by atoms with Crippen molar-refractivity contribution in [3.63, 3.8) is 0 Å². The van der Waals surface area contributed by atoms with Crippen LogP contribution in [0.5, 0.6) is 0 Å². The van der Waals surface area contributed by atoms with Crippen molar-refractivity contribution in [1.82, 2.24) is 14.8 Å². The molecule has 0 aliphatic carbocycles. The van der Waals surface area contributed by atoms with Crippen LogP contribution in [0.4, 0.5) is 5.69 Å². The van der Waals surface area contributed by atoms with Gasteiger partial charge in [-0.2, -0.15) is 5.10 Å². The number of amides is 1. The van der Waals surface area contributed by atoms with E-state index in [1.54, 1.807) is 11.7 Å². The SMILES string of the molecule is Cc1cccc(NC(=O)CSc2ncnn2C)c1C. The number of thioether (sulfide) groups is 1. The van der Waals surface area contributed by atoms with Crippen LogP contribution in [0.25, 0.3) is 0 Å². The monoisotopic (exact) mass is 276 g/mol. The summed E-state index contributed by atoms with van der Waals surface area (Å²) in [7, 11) is 1.80. The summed E-state index contributed by atoms with van der Waals surface area (Å²) in [4.78, 5) is 16.0. The molecule has 0 unspecified atom stereocenters. The first kappa shape index (κ1) is 13.6. The molecular weight excluding hydrogens is 260 g/mol. The van der Waals surface area contributed by atoms with Crippen molar-refractivity contribution in [3.05, 3.63) is 35.7 Å². The van der Waals surface area contributed by atoms with Gasteiger partial charge in [0.25, 0.3) is 0 Å². The smallest absolute Gasteiger partial charge is 0.234 e. The molecule has 0 aliphatic rings. The van der Waals surface area contributed by atoms with E-state index in [-0.39, 0.29) is 5.91 Å². The first-order valence-corrected chi connectivity index (χ1v) is 6.89. The first-order chi connectivity index (χ1) is 9.08. The molecule has 1 aromatic carbocycles. The van der Waals surface area contributed by atoms with E-state index in [1.165, 1.54) is 23.7 Å². The van der Waals surface area contributed by atoms with Crippen LogP contribution in [-0.2, 0) is 11.8 Å². The van der Waals surface area contributed by atoms with E-state index >= 15 is 0 Å². The number of aromatic nitrogens is 3. The van der Waals surface area contributed by atoms with Crippen molar-refractivity contribution in [1.29, 1.82) is 0 Å². The summed E-state index contributed by atoms with van der Waals surface area (Å²) in [6.07, 6.45) is 1.48.